The largest absolute Gasteiger partial charge is 0.494 e. The maximum Gasteiger partial charge on any atom is 0.234 e. The van der Waals surface area contributed by atoms with Gasteiger partial charge in [-0.3, -0.25) is 4.79 Å². The fourth-order valence-electron chi connectivity index (χ4n) is 2.54. The lowest BCUT2D eigenvalue weighted by molar-refractivity contribution is -0.113. The van der Waals surface area contributed by atoms with Crippen molar-refractivity contribution in [2.75, 3.05) is 17.7 Å². The average molecular weight is 412 g/mol. The van der Waals surface area contributed by atoms with Crippen LogP contribution in [-0.2, 0) is 4.79 Å². The summed E-state index contributed by atoms with van der Waals surface area (Å²) in [6, 6.07) is 15.1. The summed E-state index contributed by atoms with van der Waals surface area (Å²) in [5, 5.41) is 18.3. The minimum Gasteiger partial charge on any atom is -0.494 e. The van der Waals surface area contributed by atoms with Gasteiger partial charge in [-0.1, -0.05) is 17.8 Å². The number of aromatic nitrogens is 4. The minimum absolute atomic E-state index is 0.125. The van der Waals surface area contributed by atoms with E-state index in [1.807, 2.05) is 60.8 Å². The molecular formula is C19H17N5O2S2. The number of nitrogens with zero attached hydrogens (tertiary/aromatic N) is 4. The van der Waals surface area contributed by atoms with Crippen molar-refractivity contribution in [2.45, 2.75) is 12.1 Å². The number of fused-ring (bicyclic) bond motifs is 1. The molecule has 7 nitrogen and oxygen atoms in total. The predicted octanol–water partition coefficient (Wildman–Crippen LogP) is 3.98. The number of amides is 1. The zero-order valence-corrected chi connectivity index (χ0v) is 16.7. The molecule has 3 heterocycles. The highest BCUT2D eigenvalue weighted by Gasteiger charge is 2.12. The van der Waals surface area contributed by atoms with Crippen LogP contribution in [0.2, 0.25) is 0 Å². The predicted molar refractivity (Wildman–Crippen MR) is 111 cm³/mol. The van der Waals surface area contributed by atoms with Crippen molar-refractivity contribution < 1.29 is 9.53 Å². The molecule has 0 saturated heterocycles. The third-order valence-corrected chi connectivity index (χ3v) is 5.60. The number of thiophene rings is 1. The summed E-state index contributed by atoms with van der Waals surface area (Å²) in [7, 11) is 0. The molecule has 0 bridgehead atoms. The summed E-state index contributed by atoms with van der Waals surface area (Å²) in [6.07, 6.45) is 0. The standard InChI is InChI=1S/C19H17N5O2S2/c1-2-26-14-7-5-13(6-8-14)20-18(25)12-28-19-22-21-17-10-9-15(23-24(17)19)16-4-3-11-27-16/h3-11H,2,12H2,1H3,(H,20,25). The molecule has 1 N–H and O–H groups in total. The number of rotatable bonds is 7. The molecule has 3 aromatic heterocycles. The Morgan fingerprint density at radius 1 is 1.18 bits per heavy atom. The third-order valence-electron chi connectivity index (χ3n) is 3.79. The van der Waals surface area contributed by atoms with E-state index in [-0.39, 0.29) is 11.7 Å². The Kier molecular flexibility index (Phi) is 5.54. The summed E-state index contributed by atoms with van der Waals surface area (Å²) >= 11 is 2.91. The summed E-state index contributed by atoms with van der Waals surface area (Å²) in [5.74, 6) is 0.858. The van der Waals surface area contributed by atoms with Crippen LogP contribution in [0.3, 0.4) is 0 Å². The monoisotopic (exact) mass is 411 g/mol. The first kappa shape index (κ1) is 18.5. The second-order valence-electron chi connectivity index (χ2n) is 5.74. The average Bonchev–Trinajstić information content (AvgIpc) is 3.38. The molecule has 0 unspecified atom stereocenters. The van der Waals surface area contributed by atoms with Crippen LogP contribution < -0.4 is 10.1 Å². The van der Waals surface area contributed by atoms with E-state index >= 15 is 0 Å². The van der Waals surface area contributed by atoms with Crippen LogP contribution in [0.15, 0.2) is 59.1 Å². The lowest BCUT2D eigenvalue weighted by atomic mass is 10.3. The number of anilines is 1. The second-order valence-corrected chi connectivity index (χ2v) is 7.63. The van der Waals surface area contributed by atoms with Gasteiger partial charge in [0.25, 0.3) is 0 Å². The fraction of sp³-hybridized carbons (Fsp3) is 0.158. The first-order chi connectivity index (χ1) is 13.7. The van der Waals surface area contributed by atoms with E-state index < -0.39 is 0 Å². The molecule has 0 saturated carbocycles. The van der Waals surface area contributed by atoms with Gasteiger partial charge in [-0.15, -0.1) is 21.5 Å². The van der Waals surface area contributed by atoms with Crippen LogP contribution >= 0.6 is 23.1 Å². The molecule has 9 heteroatoms. The zero-order valence-electron chi connectivity index (χ0n) is 15.0. The first-order valence-electron chi connectivity index (χ1n) is 8.65. The van der Waals surface area contributed by atoms with Gasteiger partial charge in [-0.2, -0.15) is 9.61 Å². The molecule has 28 heavy (non-hydrogen) atoms. The molecule has 4 aromatic rings. The second kappa shape index (κ2) is 8.41. The van der Waals surface area contributed by atoms with E-state index in [1.165, 1.54) is 11.8 Å². The minimum atomic E-state index is -0.125. The topological polar surface area (TPSA) is 81.4 Å². The van der Waals surface area contributed by atoms with E-state index in [0.717, 1.165) is 22.0 Å². The van der Waals surface area contributed by atoms with E-state index in [2.05, 4.69) is 20.6 Å². The van der Waals surface area contributed by atoms with Crippen molar-refractivity contribution >= 4 is 40.3 Å². The molecule has 0 radical (unpaired) electrons. The van der Waals surface area contributed by atoms with Crippen molar-refractivity contribution in [1.82, 2.24) is 19.8 Å². The van der Waals surface area contributed by atoms with Gasteiger partial charge in [0.05, 0.1) is 17.2 Å². The molecule has 0 fully saturated rings. The van der Waals surface area contributed by atoms with Gasteiger partial charge < -0.3 is 10.1 Å². The van der Waals surface area contributed by atoms with Crippen molar-refractivity contribution in [3.8, 4) is 16.3 Å². The summed E-state index contributed by atoms with van der Waals surface area (Å²) in [5.41, 5.74) is 2.22. The Morgan fingerprint density at radius 3 is 2.79 bits per heavy atom. The van der Waals surface area contributed by atoms with Crippen molar-refractivity contribution in [2.24, 2.45) is 0 Å². The molecule has 0 atom stereocenters. The van der Waals surface area contributed by atoms with Gasteiger partial charge in [0, 0.05) is 5.69 Å². The number of nitrogens with one attached hydrogen (secondary N) is 1. The van der Waals surface area contributed by atoms with E-state index in [9.17, 15) is 4.79 Å². The molecular weight excluding hydrogens is 394 g/mol. The molecule has 142 valence electrons. The number of carbonyl (C=O) groups is 1. The van der Waals surface area contributed by atoms with E-state index in [4.69, 9.17) is 4.74 Å². The highest BCUT2D eigenvalue weighted by molar-refractivity contribution is 7.99. The highest BCUT2D eigenvalue weighted by atomic mass is 32.2. The number of carbonyl (C=O) groups excluding carboxylic acids is 1. The molecule has 0 aliphatic carbocycles. The maximum atomic E-state index is 12.3. The van der Waals surface area contributed by atoms with Crippen LogP contribution in [0.25, 0.3) is 16.2 Å². The Morgan fingerprint density at radius 2 is 2.04 bits per heavy atom. The van der Waals surface area contributed by atoms with Gasteiger partial charge in [-0.05, 0) is 54.8 Å². The SMILES string of the molecule is CCOc1ccc(NC(=O)CSc2nnc3ccc(-c4cccs4)nn23)cc1. The molecule has 1 amide bonds. The molecule has 4 rings (SSSR count). The van der Waals surface area contributed by atoms with Gasteiger partial charge in [0.1, 0.15) is 11.4 Å². The van der Waals surface area contributed by atoms with Crippen LogP contribution in [0, 0.1) is 0 Å². The van der Waals surface area contributed by atoms with Gasteiger partial charge in [0.2, 0.25) is 11.1 Å². The van der Waals surface area contributed by atoms with E-state index in [0.29, 0.717) is 17.4 Å². The fourth-order valence-corrected chi connectivity index (χ4v) is 3.92. The Bertz CT molecular complexity index is 1080. The van der Waals surface area contributed by atoms with Gasteiger partial charge in [-0.25, -0.2) is 0 Å². The number of thioether (sulfide) groups is 1. The molecule has 0 aliphatic rings. The van der Waals surface area contributed by atoms with Gasteiger partial charge >= 0.3 is 0 Å². The molecule has 0 spiro atoms. The normalized spacial score (nSPS) is 10.9. The molecule has 1 aromatic carbocycles. The number of hydrogen-bond acceptors (Lipinski definition) is 7. The van der Waals surface area contributed by atoms with Crippen LogP contribution in [0.1, 0.15) is 6.92 Å². The lowest BCUT2D eigenvalue weighted by Gasteiger charge is -2.06. The van der Waals surface area contributed by atoms with Gasteiger partial charge in [0.15, 0.2) is 5.65 Å². The smallest absolute Gasteiger partial charge is 0.234 e. The van der Waals surface area contributed by atoms with Crippen molar-refractivity contribution in [1.29, 1.82) is 0 Å². The quantitative estimate of drug-likeness (QED) is 0.463. The van der Waals surface area contributed by atoms with Crippen molar-refractivity contribution in [3.63, 3.8) is 0 Å². The van der Waals surface area contributed by atoms with Crippen LogP contribution in [-0.4, -0.2) is 38.1 Å². The Labute approximate surface area is 169 Å². The molecule has 0 aliphatic heterocycles. The van der Waals surface area contributed by atoms with Crippen LogP contribution in [0.5, 0.6) is 5.75 Å². The summed E-state index contributed by atoms with van der Waals surface area (Å²) in [6.45, 7) is 2.54. The Balaban J connectivity index is 1.42. The maximum absolute atomic E-state index is 12.3. The highest BCUT2D eigenvalue weighted by Crippen LogP contribution is 2.24. The summed E-state index contributed by atoms with van der Waals surface area (Å²) < 4.78 is 7.07. The number of hydrogen-bond donors (Lipinski definition) is 1. The summed E-state index contributed by atoms with van der Waals surface area (Å²) in [4.78, 5) is 13.3. The van der Waals surface area contributed by atoms with E-state index in [1.54, 1.807) is 15.9 Å². The third kappa shape index (κ3) is 4.15. The number of ether oxygens (including phenoxy) is 1. The Hall–Kier alpha value is -2.91. The van der Waals surface area contributed by atoms with Crippen LogP contribution in [0.4, 0.5) is 5.69 Å². The number of benzene rings is 1. The lowest BCUT2D eigenvalue weighted by Crippen LogP contribution is -2.14. The zero-order chi connectivity index (χ0) is 19.3. The first-order valence-corrected chi connectivity index (χ1v) is 10.5. The van der Waals surface area contributed by atoms with Crippen molar-refractivity contribution in [3.05, 3.63) is 53.9 Å².